The van der Waals surface area contributed by atoms with Crippen LogP contribution in [0.5, 0.6) is 5.75 Å². The topological polar surface area (TPSA) is 90.7 Å². The highest BCUT2D eigenvalue weighted by molar-refractivity contribution is 5.95. The molecule has 0 radical (unpaired) electrons. The molecular formula is C24H24N2O5. The molecule has 0 fully saturated rings. The highest BCUT2D eigenvalue weighted by Gasteiger charge is 2.14. The third-order valence-corrected chi connectivity index (χ3v) is 5.37. The lowest BCUT2D eigenvalue weighted by molar-refractivity contribution is -0.119. The van der Waals surface area contributed by atoms with Crippen LogP contribution in [0.25, 0.3) is 0 Å². The van der Waals surface area contributed by atoms with Gasteiger partial charge in [0.1, 0.15) is 18.1 Å². The van der Waals surface area contributed by atoms with Gasteiger partial charge in [0.05, 0.1) is 16.8 Å². The number of benzene rings is 2. The number of carbonyl (C=O) groups excluding carboxylic acids is 2. The number of hydrogen-bond donors (Lipinski definition) is 1. The zero-order chi connectivity index (χ0) is 21.8. The Kier molecular flexibility index (Phi) is 6.02. The van der Waals surface area contributed by atoms with Gasteiger partial charge in [-0.1, -0.05) is 11.2 Å². The van der Waals surface area contributed by atoms with Gasteiger partial charge in [-0.2, -0.15) is 0 Å². The van der Waals surface area contributed by atoms with Crippen molar-refractivity contribution in [2.45, 2.75) is 39.7 Å². The molecule has 1 aliphatic rings. The molecule has 31 heavy (non-hydrogen) atoms. The zero-order valence-electron chi connectivity index (χ0n) is 17.6. The number of ether oxygens (including phenoxy) is 2. The molecule has 0 saturated heterocycles. The highest BCUT2D eigenvalue weighted by Crippen LogP contribution is 2.25. The summed E-state index contributed by atoms with van der Waals surface area (Å²) in [5.74, 6) is 0.383. The van der Waals surface area contributed by atoms with Crippen molar-refractivity contribution in [3.8, 4) is 5.75 Å². The lowest BCUT2D eigenvalue weighted by Crippen LogP contribution is -2.21. The van der Waals surface area contributed by atoms with E-state index in [0.29, 0.717) is 17.9 Å². The predicted molar refractivity (Wildman–Crippen MR) is 114 cm³/mol. The molecule has 160 valence electrons. The van der Waals surface area contributed by atoms with E-state index in [4.69, 9.17) is 14.0 Å². The van der Waals surface area contributed by atoms with E-state index in [9.17, 15) is 9.59 Å². The van der Waals surface area contributed by atoms with Crippen LogP contribution >= 0.6 is 0 Å². The van der Waals surface area contributed by atoms with Crippen LogP contribution in [0.4, 0.5) is 5.69 Å². The Morgan fingerprint density at radius 2 is 1.84 bits per heavy atom. The van der Waals surface area contributed by atoms with Gasteiger partial charge in [0.15, 0.2) is 6.61 Å². The first-order valence-electron chi connectivity index (χ1n) is 10.2. The maximum atomic E-state index is 12.2. The van der Waals surface area contributed by atoms with Crippen molar-refractivity contribution in [3.63, 3.8) is 0 Å². The third kappa shape index (κ3) is 4.94. The number of nitrogens with zero attached hydrogens (tertiary/aromatic N) is 1. The number of anilines is 1. The van der Waals surface area contributed by atoms with Gasteiger partial charge in [-0.15, -0.1) is 0 Å². The van der Waals surface area contributed by atoms with Gasteiger partial charge >= 0.3 is 5.97 Å². The van der Waals surface area contributed by atoms with Crippen molar-refractivity contribution >= 4 is 17.6 Å². The van der Waals surface area contributed by atoms with E-state index >= 15 is 0 Å². The van der Waals surface area contributed by atoms with Crippen molar-refractivity contribution in [1.82, 2.24) is 5.16 Å². The molecule has 0 atom stereocenters. The summed E-state index contributed by atoms with van der Waals surface area (Å²) in [6, 6.07) is 12.5. The van der Waals surface area contributed by atoms with Crippen LogP contribution < -0.4 is 10.1 Å². The summed E-state index contributed by atoms with van der Waals surface area (Å²) in [6.45, 7) is 3.67. The maximum Gasteiger partial charge on any atom is 0.338 e. The normalized spacial score (nSPS) is 12.3. The summed E-state index contributed by atoms with van der Waals surface area (Å²) < 4.78 is 16.0. The molecule has 0 spiro atoms. The summed E-state index contributed by atoms with van der Waals surface area (Å²) in [7, 11) is 0. The zero-order valence-corrected chi connectivity index (χ0v) is 17.6. The molecule has 1 amide bonds. The first-order chi connectivity index (χ1) is 15.0. The highest BCUT2D eigenvalue weighted by atomic mass is 16.5. The van der Waals surface area contributed by atoms with Gasteiger partial charge in [-0.3, -0.25) is 4.79 Å². The summed E-state index contributed by atoms with van der Waals surface area (Å²) >= 11 is 0. The molecule has 1 aromatic heterocycles. The fourth-order valence-electron chi connectivity index (χ4n) is 3.61. The van der Waals surface area contributed by atoms with Crippen molar-refractivity contribution < 1.29 is 23.6 Å². The van der Waals surface area contributed by atoms with Crippen LogP contribution in [0.3, 0.4) is 0 Å². The Balaban J connectivity index is 1.26. The number of hydrogen-bond acceptors (Lipinski definition) is 6. The third-order valence-electron chi connectivity index (χ3n) is 5.37. The molecule has 7 nitrogen and oxygen atoms in total. The quantitative estimate of drug-likeness (QED) is 0.578. The molecule has 7 heteroatoms. The summed E-state index contributed by atoms with van der Waals surface area (Å²) in [6.07, 6.45) is 3.27. The molecule has 3 aromatic rings. The standard InChI is InChI=1S/C24H24N2O5/c1-15-22(16(2)31-26-15)13-29-21-10-7-18(8-11-21)24(28)30-14-23(27)25-20-9-6-17-4-3-5-19(17)12-20/h6-12H,3-5,13-14H2,1-2H3,(H,25,27). The summed E-state index contributed by atoms with van der Waals surface area (Å²) in [5.41, 5.74) is 5.36. The number of nitrogens with one attached hydrogen (secondary N) is 1. The molecular weight excluding hydrogens is 396 g/mol. The molecule has 0 saturated carbocycles. The van der Waals surface area contributed by atoms with Crippen LogP contribution in [-0.4, -0.2) is 23.6 Å². The number of esters is 1. The van der Waals surface area contributed by atoms with Gasteiger partial charge in [0.2, 0.25) is 0 Å². The minimum absolute atomic E-state index is 0.327. The first kappa shape index (κ1) is 20.7. The number of fused-ring (bicyclic) bond motifs is 1. The maximum absolute atomic E-state index is 12.2. The lowest BCUT2D eigenvalue weighted by Gasteiger charge is -2.09. The second-order valence-electron chi connectivity index (χ2n) is 7.58. The second kappa shape index (κ2) is 9.04. The summed E-state index contributed by atoms with van der Waals surface area (Å²) in [4.78, 5) is 24.4. The minimum Gasteiger partial charge on any atom is -0.489 e. The lowest BCUT2D eigenvalue weighted by atomic mass is 10.1. The Hall–Kier alpha value is -3.61. The number of rotatable bonds is 7. The van der Waals surface area contributed by atoms with Gasteiger partial charge in [-0.25, -0.2) is 4.79 Å². The van der Waals surface area contributed by atoms with Crippen molar-refractivity contribution in [2.24, 2.45) is 0 Å². The van der Waals surface area contributed by atoms with Gasteiger partial charge < -0.3 is 19.3 Å². The molecule has 1 heterocycles. The van der Waals surface area contributed by atoms with E-state index in [1.807, 2.05) is 32.0 Å². The van der Waals surface area contributed by atoms with Crippen molar-refractivity contribution in [3.05, 3.63) is 76.2 Å². The Bertz CT molecular complexity index is 1080. The molecule has 1 aliphatic carbocycles. The minimum atomic E-state index is -0.568. The number of carbonyl (C=O) groups is 2. The van der Waals surface area contributed by atoms with E-state index in [1.165, 1.54) is 11.1 Å². The molecule has 0 unspecified atom stereocenters. The number of aryl methyl sites for hydroxylation is 4. The van der Waals surface area contributed by atoms with Crippen molar-refractivity contribution in [2.75, 3.05) is 11.9 Å². The Morgan fingerprint density at radius 1 is 1.06 bits per heavy atom. The van der Waals surface area contributed by atoms with Crippen LogP contribution in [-0.2, 0) is 29.0 Å². The number of aromatic nitrogens is 1. The van der Waals surface area contributed by atoms with Crippen LogP contribution in [0.1, 0.15) is 44.9 Å². The van der Waals surface area contributed by atoms with Gasteiger partial charge in [0.25, 0.3) is 5.91 Å². The van der Waals surface area contributed by atoms with Crippen LogP contribution in [0, 0.1) is 13.8 Å². The molecule has 4 rings (SSSR count). The van der Waals surface area contributed by atoms with E-state index in [0.717, 1.165) is 42.0 Å². The van der Waals surface area contributed by atoms with E-state index in [1.54, 1.807) is 24.3 Å². The van der Waals surface area contributed by atoms with E-state index in [-0.39, 0.29) is 12.5 Å². The Labute approximate surface area is 180 Å². The first-order valence-corrected chi connectivity index (χ1v) is 10.2. The molecule has 1 N–H and O–H groups in total. The molecule has 0 aliphatic heterocycles. The van der Waals surface area contributed by atoms with Crippen molar-refractivity contribution in [1.29, 1.82) is 0 Å². The largest absolute Gasteiger partial charge is 0.489 e. The molecule has 0 bridgehead atoms. The average molecular weight is 420 g/mol. The SMILES string of the molecule is Cc1noc(C)c1COc1ccc(C(=O)OCC(=O)Nc2ccc3c(c2)CCC3)cc1. The van der Waals surface area contributed by atoms with Gasteiger partial charge in [0, 0.05) is 5.69 Å². The monoisotopic (exact) mass is 420 g/mol. The van der Waals surface area contributed by atoms with Crippen LogP contribution in [0.15, 0.2) is 47.0 Å². The fraction of sp³-hybridized carbons (Fsp3) is 0.292. The average Bonchev–Trinajstić information content (AvgIpc) is 3.36. The molecule has 2 aromatic carbocycles. The predicted octanol–water partition coefficient (Wildman–Crippen LogP) is 4.15. The second-order valence-corrected chi connectivity index (χ2v) is 7.58. The van der Waals surface area contributed by atoms with E-state index in [2.05, 4.69) is 10.5 Å². The smallest absolute Gasteiger partial charge is 0.338 e. The Morgan fingerprint density at radius 3 is 2.58 bits per heavy atom. The van der Waals surface area contributed by atoms with Crippen LogP contribution in [0.2, 0.25) is 0 Å². The van der Waals surface area contributed by atoms with E-state index < -0.39 is 5.97 Å². The van der Waals surface area contributed by atoms with Gasteiger partial charge in [-0.05, 0) is 80.6 Å². The summed E-state index contributed by atoms with van der Waals surface area (Å²) in [5, 5.41) is 6.67. The number of amides is 1. The fourth-order valence-corrected chi connectivity index (χ4v) is 3.61.